The van der Waals surface area contributed by atoms with E-state index in [9.17, 15) is 19.2 Å². The SMILES string of the molecule is CCCCCCCCCN[C@@H](Cc1nc2cc(C(=O)N3C[C@@H](C(=O)N[C@H]4C[C@@H]4c4ccccc4)[C@H](C(=O)N[C@H]4C[C@@H]4c4ccccc4)C3)ccc2o1)C(=O)NCCCCCC. The highest BCUT2D eigenvalue weighted by Crippen LogP contribution is 2.42. The molecule has 2 heterocycles. The zero-order valence-corrected chi connectivity index (χ0v) is 36.2. The van der Waals surface area contributed by atoms with Gasteiger partial charge in [0, 0.05) is 55.5 Å². The molecule has 0 bridgehead atoms. The van der Waals surface area contributed by atoms with Gasteiger partial charge in [-0.15, -0.1) is 0 Å². The summed E-state index contributed by atoms with van der Waals surface area (Å²) in [4.78, 5) is 61.9. The number of carbonyl (C=O) groups excluding carboxylic acids is 4. The van der Waals surface area contributed by atoms with Crippen molar-refractivity contribution in [3.8, 4) is 0 Å². The Labute approximate surface area is 361 Å². The van der Waals surface area contributed by atoms with Gasteiger partial charge in [0.2, 0.25) is 17.7 Å². The van der Waals surface area contributed by atoms with Crippen LogP contribution in [0.25, 0.3) is 11.1 Å². The summed E-state index contributed by atoms with van der Waals surface area (Å²) in [5.41, 5.74) is 3.84. The normalized spacial score (nSPS) is 22.2. The molecule has 7 atom stereocenters. The number of amides is 4. The van der Waals surface area contributed by atoms with Crippen LogP contribution in [0.2, 0.25) is 0 Å². The zero-order chi connectivity index (χ0) is 42.6. The lowest BCUT2D eigenvalue weighted by atomic mass is 9.94. The van der Waals surface area contributed by atoms with Crippen molar-refractivity contribution in [1.82, 2.24) is 31.2 Å². The Morgan fingerprint density at radius 3 is 1.82 bits per heavy atom. The van der Waals surface area contributed by atoms with Crippen LogP contribution in [0.1, 0.15) is 137 Å². The molecular formula is C50H66N6O5. The maximum absolute atomic E-state index is 14.2. The number of rotatable bonds is 24. The van der Waals surface area contributed by atoms with E-state index < -0.39 is 17.9 Å². The molecule has 61 heavy (non-hydrogen) atoms. The summed E-state index contributed by atoms with van der Waals surface area (Å²) in [7, 11) is 0. The molecule has 0 unspecified atom stereocenters. The molecule has 1 aromatic heterocycles. The van der Waals surface area contributed by atoms with Crippen LogP contribution in [0.5, 0.6) is 0 Å². The van der Waals surface area contributed by atoms with Gasteiger partial charge >= 0.3 is 0 Å². The minimum absolute atomic E-state index is 0.00464. The van der Waals surface area contributed by atoms with Crippen LogP contribution in [0.4, 0.5) is 0 Å². The zero-order valence-electron chi connectivity index (χ0n) is 36.2. The minimum Gasteiger partial charge on any atom is -0.441 e. The summed E-state index contributed by atoms with van der Waals surface area (Å²) in [5.74, 6) is -1.14. The van der Waals surface area contributed by atoms with Gasteiger partial charge in [0.1, 0.15) is 5.52 Å². The summed E-state index contributed by atoms with van der Waals surface area (Å²) in [6.07, 6.45) is 14.7. The van der Waals surface area contributed by atoms with Crippen LogP contribution in [0.3, 0.4) is 0 Å². The minimum atomic E-state index is -0.680. The number of likely N-dealkylation sites (tertiary alicyclic amines) is 1. The highest BCUT2D eigenvalue weighted by molar-refractivity contribution is 5.99. The molecular weight excluding hydrogens is 765 g/mol. The Morgan fingerprint density at radius 1 is 0.689 bits per heavy atom. The first-order valence-corrected chi connectivity index (χ1v) is 23.2. The largest absolute Gasteiger partial charge is 0.441 e. The lowest BCUT2D eigenvalue weighted by Crippen LogP contribution is -2.46. The molecule has 7 rings (SSSR count). The molecule has 1 saturated heterocycles. The third-order valence-electron chi connectivity index (χ3n) is 12.8. The number of hydrogen-bond acceptors (Lipinski definition) is 7. The lowest BCUT2D eigenvalue weighted by molar-refractivity contribution is -0.133. The number of nitrogens with zero attached hydrogens (tertiary/aromatic N) is 2. The van der Waals surface area contributed by atoms with Crippen LogP contribution >= 0.6 is 0 Å². The number of nitrogens with one attached hydrogen (secondary N) is 4. The molecule has 3 aliphatic rings. The third-order valence-corrected chi connectivity index (χ3v) is 12.8. The van der Waals surface area contributed by atoms with Crippen LogP contribution in [-0.2, 0) is 20.8 Å². The summed E-state index contributed by atoms with van der Waals surface area (Å²) >= 11 is 0. The van der Waals surface area contributed by atoms with Crippen molar-refractivity contribution in [3.63, 3.8) is 0 Å². The molecule has 326 valence electrons. The van der Waals surface area contributed by atoms with E-state index in [2.05, 4.69) is 59.4 Å². The second kappa shape index (κ2) is 21.7. The topological polar surface area (TPSA) is 146 Å². The maximum Gasteiger partial charge on any atom is 0.253 e. The van der Waals surface area contributed by atoms with Gasteiger partial charge in [-0.1, -0.05) is 132 Å². The molecule has 1 aliphatic heterocycles. The second-order valence-corrected chi connectivity index (χ2v) is 17.6. The fraction of sp³-hybridized carbons (Fsp3) is 0.540. The van der Waals surface area contributed by atoms with Crippen LogP contribution in [0, 0.1) is 11.8 Å². The van der Waals surface area contributed by atoms with Crippen molar-refractivity contribution in [2.24, 2.45) is 11.8 Å². The summed E-state index contributed by atoms with van der Waals surface area (Å²) in [6.45, 7) is 6.05. The van der Waals surface area contributed by atoms with Crippen molar-refractivity contribution in [2.45, 2.75) is 134 Å². The number of fused-ring (bicyclic) bond motifs is 1. The smallest absolute Gasteiger partial charge is 0.253 e. The summed E-state index contributed by atoms with van der Waals surface area (Å²) in [6, 6.07) is 25.0. The number of aromatic nitrogens is 1. The van der Waals surface area contributed by atoms with E-state index in [0.29, 0.717) is 29.1 Å². The van der Waals surface area contributed by atoms with E-state index in [1.165, 1.54) is 43.2 Å². The molecule has 3 fully saturated rings. The Hall–Kier alpha value is -5.03. The number of hydrogen-bond donors (Lipinski definition) is 4. The van der Waals surface area contributed by atoms with Gasteiger partial charge in [-0.25, -0.2) is 4.98 Å². The van der Waals surface area contributed by atoms with Gasteiger partial charge in [-0.05, 0) is 61.6 Å². The Bertz CT molecular complexity index is 1980. The van der Waals surface area contributed by atoms with Crippen molar-refractivity contribution in [2.75, 3.05) is 26.2 Å². The quantitative estimate of drug-likeness (QED) is 0.0528. The first-order chi connectivity index (χ1) is 29.8. The maximum atomic E-state index is 14.2. The van der Waals surface area contributed by atoms with Gasteiger partial charge in [0.05, 0.1) is 17.9 Å². The first kappa shape index (κ1) is 44.0. The van der Waals surface area contributed by atoms with E-state index in [-0.39, 0.29) is 67.1 Å². The third kappa shape index (κ3) is 12.1. The fourth-order valence-electron chi connectivity index (χ4n) is 8.98. The molecule has 0 radical (unpaired) electrons. The molecule has 4 N–H and O–H groups in total. The summed E-state index contributed by atoms with van der Waals surface area (Å²) < 4.78 is 6.15. The number of oxazole rings is 1. The van der Waals surface area contributed by atoms with Gasteiger partial charge < -0.3 is 30.6 Å². The monoisotopic (exact) mass is 831 g/mol. The molecule has 3 aromatic carbocycles. The van der Waals surface area contributed by atoms with E-state index in [1.807, 2.05) is 36.4 Å². The van der Waals surface area contributed by atoms with Crippen molar-refractivity contribution in [1.29, 1.82) is 0 Å². The van der Waals surface area contributed by atoms with Crippen LogP contribution in [-0.4, -0.2) is 77.8 Å². The van der Waals surface area contributed by atoms with Gasteiger partial charge in [0.25, 0.3) is 5.91 Å². The molecule has 2 aliphatic carbocycles. The number of carbonyl (C=O) groups is 4. The number of benzene rings is 3. The molecule has 11 heteroatoms. The lowest BCUT2D eigenvalue weighted by Gasteiger charge is -2.18. The Morgan fingerprint density at radius 2 is 1.23 bits per heavy atom. The van der Waals surface area contributed by atoms with Gasteiger partial charge in [0.15, 0.2) is 11.5 Å². The van der Waals surface area contributed by atoms with Crippen LogP contribution < -0.4 is 21.3 Å². The molecule has 4 amide bonds. The van der Waals surface area contributed by atoms with E-state index >= 15 is 0 Å². The van der Waals surface area contributed by atoms with Crippen molar-refractivity contribution in [3.05, 3.63) is 101 Å². The van der Waals surface area contributed by atoms with Crippen LogP contribution in [0.15, 0.2) is 83.3 Å². The highest BCUT2D eigenvalue weighted by atomic mass is 16.3. The highest BCUT2D eigenvalue weighted by Gasteiger charge is 2.49. The molecule has 2 saturated carbocycles. The molecule has 4 aromatic rings. The first-order valence-electron chi connectivity index (χ1n) is 23.2. The fourth-order valence-corrected chi connectivity index (χ4v) is 8.98. The van der Waals surface area contributed by atoms with E-state index in [1.54, 1.807) is 23.1 Å². The second-order valence-electron chi connectivity index (χ2n) is 17.6. The predicted octanol–water partition coefficient (Wildman–Crippen LogP) is 7.81. The average Bonchev–Trinajstić information content (AvgIpc) is 4.13. The standard InChI is InChI=1S/C50H66N6O5/c1-3-5-7-9-10-11-19-26-51-44(49(59)52-27-18-8-6-4-2)31-46-53-43-28-36(24-25-45(43)61-46)50(60)56-32-39(47(57)54-41-29-37(41)34-20-14-12-15-21-34)40(33-56)48(58)55-42-30-38(42)35-22-16-13-17-23-35/h12-17,20-25,28,37-42,44,51H,3-11,18-19,26-27,29-33H2,1-2H3,(H,52,59)(H,54,57)(H,55,58)/t37-,38-,39-,40-,41+,42+,44+/m1/s1. The van der Waals surface area contributed by atoms with Crippen molar-refractivity contribution < 1.29 is 23.6 Å². The molecule has 11 nitrogen and oxygen atoms in total. The Balaban J connectivity index is 1.00. The average molecular weight is 831 g/mol. The Kier molecular flexibility index (Phi) is 15.6. The van der Waals surface area contributed by atoms with Gasteiger partial charge in [-0.3, -0.25) is 19.2 Å². The molecule has 0 spiro atoms. The van der Waals surface area contributed by atoms with Gasteiger partial charge in [-0.2, -0.15) is 0 Å². The van der Waals surface area contributed by atoms with E-state index in [0.717, 1.165) is 57.9 Å². The summed E-state index contributed by atoms with van der Waals surface area (Å²) in [5, 5.41) is 13.0. The van der Waals surface area contributed by atoms with Crippen molar-refractivity contribution >= 4 is 34.7 Å². The van der Waals surface area contributed by atoms with E-state index in [4.69, 9.17) is 9.40 Å². The number of unbranched alkanes of at least 4 members (excludes halogenated alkanes) is 9. The predicted molar refractivity (Wildman–Crippen MR) is 239 cm³/mol.